The molecule has 0 spiro atoms. The highest BCUT2D eigenvalue weighted by Crippen LogP contribution is 2.22. The Labute approximate surface area is 153 Å². The van der Waals surface area contributed by atoms with Gasteiger partial charge < -0.3 is 10.1 Å². The van der Waals surface area contributed by atoms with Crippen molar-refractivity contribution in [2.24, 2.45) is 0 Å². The van der Waals surface area contributed by atoms with Gasteiger partial charge in [-0.25, -0.2) is 4.39 Å². The monoisotopic (exact) mass is 354 g/mol. The van der Waals surface area contributed by atoms with E-state index in [1.54, 1.807) is 12.1 Å². The first-order chi connectivity index (χ1) is 12.7. The van der Waals surface area contributed by atoms with Crippen LogP contribution in [0.15, 0.2) is 48.5 Å². The van der Waals surface area contributed by atoms with Crippen molar-refractivity contribution in [2.75, 3.05) is 26.3 Å². The molecule has 0 radical (unpaired) electrons. The smallest absolute Gasteiger partial charge is 0.251 e. The maximum absolute atomic E-state index is 13.1. The molecule has 2 unspecified atom stereocenters. The van der Waals surface area contributed by atoms with Gasteiger partial charge in [-0.05, 0) is 61.3 Å². The average Bonchev–Trinajstić information content (AvgIpc) is 3.34. The van der Waals surface area contributed by atoms with Crippen molar-refractivity contribution < 1.29 is 13.9 Å². The lowest BCUT2D eigenvalue weighted by molar-refractivity contribution is 0.0916. The van der Waals surface area contributed by atoms with Crippen LogP contribution in [-0.2, 0) is 4.74 Å². The van der Waals surface area contributed by atoms with Crippen LogP contribution in [0, 0.1) is 5.82 Å². The van der Waals surface area contributed by atoms with Gasteiger partial charge in [0.1, 0.15) is 5.82 Å². The highest BCUT2D eigenvalue weighted by atomic mass is 19.1. The Hall–Kier alpha value is -2.24. The third kappa shape index (κ3) is 3.64. The van der Waals surface area contributed by atoms with Crippen LogP contribution in [0.4, 0.5) is 4.39 Å². The molecule has 2 fully saturated rings. The fourth-order valence-electron chi connectivity index (χ4n) is 3.85. The summed E-state index contributed by atoms with van der Waals surface area (Å²) >= 11 is 0. The van der Waals surface area contributed by atoms with Gasteiger partial charge in [0, 0.05) is 5.56 Å². The molecule has 0 aliphatic carbocycles. The number of nitrogens with one attached hydrogen (secondary N) is 1. The van der Waals surface area contributed by atoms with E-state index in [-0.39, 0.29) is 23.8 Å². The Balaban J connectivity index is 1.48. The zero-order valence-corrected chi connectivity index (χ0v) is 14.7. The van der Waals surface area contributed by atoms with E-state index >= 15 is 0 Å². The van der Waals surface area contributed by atoms with E-state index in [1.807, 2.05) is 24.3 Å². The first kappa shape index (κ1) is 17.2. The molecule has 2 aromatic carbocycles. The van der Waals surface area contributed by atoms with Gasteiger partial charge in [0.05, 0.1) is 25.3 Å². The molecule has 2 aliphatic heterocycles. The summed E-state index contributed by atoms with van der Waals surface area (Å²) in [5.74, 6) is -0.356. The van der Waals surface area contributed by atoms with Gasteiger partial charge in [-0.2, -0.15) is 0 Å². The molecule has 136 valence electrons. The number of carbonyl (C=O) groups is 1. The Morgan fingerprint density at radius 3 is 2.58 bits per heavy atom. The number of halogens is 1. The Morgan fingerprint density at radius 1 is 1.04 bits per heavy atom. The molecule has 1 N–H and O–H groups in total. The van der Waals surface area contributed by atoms with Gasteiger partial charge in [-0.15, -0.1) is 0 Å². The van der Waals surface area contributed by atoms with Gasteiger partial charge in [0.25, 0.3) is 5.91 Å². The van der Waals surface area contributed by atoms with Crippen LogP contribution in [0.25, 0.3) is 11.1 Å². The Morgan fingerprint density at radius 2 is 1.81 bits per heavy atom. The highest BCUT2D eigenvalue weighted by molar-refractivity contribution is 5.95. The molecule has 1 amide bonds. The minimum Gasteiger partial charge on any atom is -0.378 e. The second-order valence-corrected chi connectivity index (χ2v) is 7.02. The number of rotatable bonds is 4. The van der Waals surface area contributed by atoms with Crippen molar-refractivity contribution in [2.45, 2.75) is 24.9 Å². The SMILES string of the molecule is O=C(NC1COCC1N1CCCC1)c1cccc(-c2ccc(F)cc2)c1. The molecule has 4 rings (SSSR count). The normalized spacial score (nSPS) is 23.3. The van der Waals surface area contributed by atoms with Crippen LogP contribution in [0.5, 0.6) is 0 Å². The number of nitrogens with zero attached hydrogens (tertiary/aromatic N) is 1. The topological polar surface area (TPSA) is 41.6 Å². The molecule has 4 nitrogen and oxygen atoms in total. The summed E-state index contributed by atoms with van der Waals surface area (Å²) in [6.07, 6.45) is 2.44. The zero-order chi connectivity index (χ0) is 17.9. The van der Waals surface area contributed by atoms with Crippen molar-refractivity contribution in [3.05, 3.63) is 59.9 Å². The molecule has 2 atom stereocenters. The zero-order valence-electron chi connectivity index (χ0n) is 14.7. The molecule has 2 aliphatic rings. The van der Waals surface area contributed by atoms with E-state index in [1.165, 1.54) is 25.0 Å². The fourth-order valence-corrected chi connectivity index (χ4v) is 3.85. The quantitative estimate of drug-likeness (QED) is 0.917. The molecule has 0 bridgehead atoms. The summed E-state index contributed by atoms with van der Waals surface area (Å²) in [6.45, 7) is 3.41. The third-order valence-electron chi connectivity index (χ3n) is 5.28. The molecule has 2 aromatic rings. The fraction of sp³-hybridized carbons (Fsp3) is 0.381. The molecular weight excluding hydrogens is 331 g/mol. The summed E-state index contributed by atoms with van der Waals surface area (Å²) in [5.41, 5.74) is 2.40. The summed E-state index contributed by atoms with van der Waals surface area (Å²) in [5, 5.41) is 3.14. The van der Waals surface area contributed by atoms with E-state index in [0.29, 0.717) is 18.8 Å². The maximum atomic E-state index is 13.1. The second-order valence-electron chi connectivity index (χ2n) is 7.02. The number of hydrogen-bond acceptors (Lipinski definition) is 3. The number of amides is 1. The van der Waals surface area contributed by atoms with Crippen molar-refractivity contribution in [3.63, 3.8) is 0 Å². The van der Waals surface area contributed by atoms with Gasteiger partial charge in [-0.3, -0.25) is 9.69 Å². The van der Waals surface area contributed by atoms with Crippen LogP contribution < -0.4 is 5.32 Å². The maximum Gasteiger partial charge on any atom is 0.251 e. The van der Waals surface area contributed by atoms with Crippen molar-refractivity contribution >= 4 is 5.91 Å². The Kier molecular flexibility index (Phi) is 5.00. The van der Waals surface area contributed by atoms with Crippen molar-refractivity contribution in [1.29, 1.82) is 0 Å². The molecule has 0 saturated carbocycles. The van der Waals surface area contributed by atoms with Crippen LogP contribution in [0.2, 0.25) is 0 Å². The first-order valence-electron chi connectivity index (χ1n) is 9.19. The molecular formula is C21H23FN2O2. The third-order valence-corrected chi connectivity index (χ3v) is 5.28. The summed E-state index contributed by atoms with van der Waals surface area (Å²) in [4.78, 5) is 15.2. The minimum absolute atomic E-state index is 0.0232. The van der Waals surface area contributed by atoms with E-state index in [0.717, 1.165) is 24.2 Å². The summed E-state index contributed by atoms with van der Waals surface area (Å²) in [7, 11) is 0. The standard InChI is InChI=1S/C21H23FN2O2/c22-18-8-6-15(7-9-18)16-4-3-5-17(12-16)21(25)23-19-13-26-14-20(19)24-10-1-2-11-24/h3-9,12,19-20H,1-2,10-11,13-14H2,(H,23,25). The highest BCUT2D eigenvalue weighted by Gasteiger charge is 2.35. The van der Waals surface area contributed by atoms with E-state index < -0.39 is 0 Å². The second kappa shape index (κ2) is 7.56. The van der Waals surface area contributed by atoms with E-state index in [2.05, 4.69) is 10.2 Å². The lowest BCUT2D eigenvalue weighted by Crippen LogP contribution is -2.50. The summed E-state index contributed by atoms with van der Waals surface area (Å²) < 4.78 is 18.8. The van der Waals surface area contributed by atoms with Gasteiger partial charge >= 0.3 is 0 Å². The number of ether oxygens (including phenoxy) is 1. The summed E-state index contributed by atoms with van der Waals surface area (Å²) in [6, 6.07) is 14.0. The Bertz CT molecular complexity index is 772. The average molecular weight is 354 g/mol. The predicted octanol–water partition coefficient (Wildman–Crippen LogP) is 3.09. The van der Waals surface area contributed by atoms with Crippen molar-refractivity contribution in [1.82, 2.24) is 10.2 Å². The van der Waals surface area contributed by atoms with Crippen molar-refractivity contribution in [3.8, 4) is 11.1 Å². The van der Waals surface area contributed by atoms with Crippen LogP contribution in [-0.4, -0.2) is 49.2 Å². The van der Waals surface area contributed by atoms with E-state index in [4.69, 9.17) is 4.74 Å². The van der Waals surface area contributed by atoms with Crippen LogP contribution >= 0.6 is 0 Å². The van der Waals surface area contributed by atoms with Crippen LogP contribution in [0.1, 0.15) is 23.2 Å². The molecule has 0 aromatic heterocycles. The number of benzene rings is 2. The number of likely N-dealkylation sites (tertiary alicyclic amines) is 1. The van der Waals surface area contributed by atoms with Gasteiger partial charge in [-0.1, -0.05) is 24.3 Å². The van der Waals surface area contributed by atoms with Gasteiger partial charge in [0.2, 0.25) is 0 Å². The lowest BCUT2D eigenvalue weighted by atomic mass is 10.0. The van der Waals surface area contributed by atoms with E-state index in [9.17, 15) is 9.18 Å². The number of hydrogen-bond donors (Lipinski definition) is 1. The molecule has 2 heterocycles. The largest absolute Gasteiger partial charge is 0.378 e. The predicted molar refractivity (Wildman–Crippen MR) is 98.5 cm³/mol. The molecule has 26 heavy (non-hydrogen) atoms. The number of carbonyl (C=O) groups excluding carboxylic acids is 1. The lowest BCUT2D eigenvalue weighted by Gasteiger charge is -2.28. The molecule has 2 saturated heterocycles. The van der Waals surface area contributed by atoms with Gasteiger partial charge in [0.15, 0.2) is 0 Å². The minimum atomic E-state index is -0.267. The molecule has 5 heteroatoms. The first-order valence-corrected chi connectivity index (χ1v) is 9.19. The van der Waals surface area contributed by atoms with Crippen LogP contribution in [0.3, 0.4) is 0 Å².